The number of pyridine rings is 1. The van der Waals surface area contributed by atoms with Crippen LogP contribution in [0.5, 0.6) is 0 Å². The molecule has 1 unspecified atom stereocenters. The Kier molecular flexibility index (Phi) is 8.14. The zero-order valence-corrected chi connectivity index (χ0v) is 21.1. The van der Waals surface area contributed by atoms with E-state index in [0.29, 0.717) is 21.4 Å². The van der Waals surface area contributed by atoms with Crippen molar-refractivity contribution in [2.24, 2.45) is 0 Å². The highest BCUT2D eigenvalue weighted by atomic mass is 35.5. The molecule has 0 bridgehead atoms. The molecule has 0 aliphatic carbocycles. The summed E-state index contributed by atoms with van der Waals surface area (Å²) in [5.41, 5.74) is -0.550. The van der Waals surface area contributed by atoms with Gasteiger partial charge in [0.2, 0.25) is 5.91 Å². The van der Waals surface area contributed by atoms with Crippen LogP contribution in [0.3, 0.4) is 0 Å². The molecule has 4 rings (SSSR count). The van der Waals surface area contributed by atoms with E-state index in [4.69, 9.17) is 23.2 Å². The van der Waals surface area contributed by atoms with Crippen molar-refractivity contribution >= 4 is 29.1 Å². The molecule has 4 aromatic rings. The number of benzene rings is 1. The number of carbonyl (C=O) groups is 1. The summed E-state index contributed by atoms with van der Waals surface area (Å²) in [5, 5.41) is 11.0. The van der Waals surface area contributed by atoms with Gasteiger partial charge in [-0.15, -0.1) is 10.2 Å². The number of rotatable bonds is 9. The maximum absolute atomic E-state index is 13.8. The topological polar surface area (TPSA) is 122 Å². The highest BCUT2D eigenvalue weighted by Crippen LogP contribution is 2.24. The number of ether oxygens (including phenoxy) is 1. The summed E-state index contributed by atoms with van der Waals surface area (Å²) in [6.07, 6.45) is -2.03. The molecule has 1 N–H and O–H groups in total. The molecule has 3 aromatic heterocycles. The van der Waals surface area contributed by atoms with E-state index in [0.717, 1.165) is 9.25 Å². The second-order valence-electron chi connectivity index (χ2n) is 7.89. The van der Waals surface area contributed by atoms with Crippen molar-refractivity contribution in [2.75, 3.05) is 13.7 Å². The monoisotopic (exact) mass is 570 g/mol. The standard InChI is InChI=1S/C22H19Cl2F3N8O3/c1-38-11-18(36)30-16(22(25,26)27)9-33-19(13-4-6-14(23)7-5-13)32-34(21(33)37)10-17-29-12-35(31-17)20-15(24)3-2-8-28-20/h2-8,12,16H,9-11H2,1H3,(H,30,36). The van der Waals surface area contributed by atoms with Gasteiger partial charge in [0.25, 0.3) is 0 Å². The molecule has 38 heavy (non-hydrogen) atoms. The van der Waals surface area contributed by atoms with Crippen LogP contribution in [0.4, 0.5) is 13.2 Å². The summed E-state index contributed by atoms with van der Waals surface area (Å²) in [7, 11) is 1.17. The van der Waals surface area contributed by atoms with Gasteiger partial charge in [0, 0.05) is 23.9 Å². The molecule has 0 spiro atoms. The molecule has 1 atom stereocenters. The molecule has 0 radical (unpaired) electrons. The summed E-state index contributed by atoms with van der Waals surface area (Å²) in [6, 6.07) is 6.88. The number of amides is 1. The fraction of sp³-hybridized carbons (Fsp3) is 0.273. The Morgan fingerprint density at radius 2 is 1.87 bits per heavy atom. The molecule has 0 aliphatic rings. The van der Waals surface area contributed by atoms with Crippen molar-refractivity contribution in [1.82, 2.24) is 39.4 Å². The molecule has 0 fully saturated rings. The summed E-state index contributed by atoms with van der Waals surface area (Å²) in [5.74, 6) is -0.644. The quantitative estimate of drug-likeness (QED) is 0.328. The van der Waals surface area contributed by atoms with Gasteiger partial charge < -0.3 is 10.1 Å². The lowest BCUT2D eigenvalue weighted by atomic mass is 10.2. The first kappa shape index (κ1) is 27.3. The third-order valence-corrected chi connectivity index (χ3v) is 5.73. The number of alkyl halides is 3. The van der Waals surface area contributed by atoms with Crippen molar-refractivity contribution in [1.29, 1.82) is 0 Å². The van der Waals surface area contributed by atoms with Gasteiger partial charge in [0.15, 0.2) is 17.5 Å². The van der Waals surface area contributed by atoms with Crippen molar-refractivity contribution in [3.8, 4) is 17.2 Å². The smallest absolute Gasteiger partial charge is 0.375 e. The molecule has 200 valence electrons. The van der Waals surface area contributed by atoms with Gasteiger partial charge in [-0.3, -0.25) is 9.36 Å². The van der Waals surface area contributed by atoms with E-state index in [1.54, 1.807) is 12.1 Å². The molecule has 3 heterocycles. The van der Waals surface area contributed by atoms with Crippen LogP contribution < -0.4 is 11.0 Å². The largest absolute Gasteiger partial charge is 0.410 e. The lowest BCUT2D eigenvalue weighted by Gasteiger charge is -2.22. The molecule has 0 aliphatic heterocycles. The molecule has 16 heteroatoms. The number of nitrogens with zero attached hydrogens (tertiary/aromatic N) is 7. The summed E-state index contributed by atoms with van der Waals surface area (Å²) in [4.78, 5) is 33.4. The number of carbonyl (C=O) groups excluding carboxylic acids is 1. The molecular formula is C22H19Cl2F3N8O3. The third kappa shape index (κ3) is 6.20. The fourth-order valence-corrected chi connectivity index (χ4v) is 3.79. The first-order chi connectivity index (χ1) is 18.1. The van der Waals surface area contributed by atoms with Crippen LogP contribution in [0.1, 0.15) is 5.82 Å². The summed E-state index contributed by atoms with van der Waals surface area (Å²) < 4.78 is 49.1. The number of hydrogen-bond donors (Lipinski definition) is 1. The average molecular weight is 571 g/mol. The van der Waals surface area contributed by atoms with Crippen LogP contribution in [0.15, 0.2) is 53.7 Å². The van der Waals surface area contributed by atoms with E-state index < -0.39 is 37.0 Å². The minimum atomic E-state index is -4.87. The van der Waals surface area contributed by atoms with Crippen molar-refractivity contribution in [3.63, 3.8) is 0 Å². The number of halogens is 5. The van der Waals surface area contributed by atoms with Gasteiger partial charge >= 0.3 is 11.9 Å². The summed E-state index contributed by atoms with van der Waals surface area (Å²) in [6.45, 7) is -1.79. The van der Waals surface area contributed by atoms with Crippen molar-refractivity contribution < 1.29 is 22.7 Å². The van der Waals surface area contributed by atoms with Crippen LogP contribution >= 0.6 is 23.2 Å². The Balaban J connectivity index is 1.71. The normalized spacial score (nSPS) is 12.5. The van der Waals surface area contributed by atoms with Crippen LogP contribution in [0.25, 0.3) is 17.2 Å². The van der Waals surface area contributed by atoms with E-state index in [1.807, 2.05) is 5.32 Å². The maximum Gasteiger partial charge on any atom is 0.410 e. The molecule has 1 aromatic carbocycles. The average Bonchev–Trinajstić information content (AvgIpc) is 3.44. The van der Waals surface area contributed by atoms with Crippen LogP contribution in [-0.2, 0) is 22.6 Å². The second-order valence-corrected chi connectivity index (χ2v) is 8.73. The predicted molar refractivity (Wildman–Crippen MR) is 130 cm³/mol. The van der Waals surface area contributed by atoms with Gasteiger partial charge in [-0.2, -0.15) is 13.2 Å². The predicted octanol–water partition coefficient (Wildman–Crippen LogP) is 2.74. The first-order valence-electron chi connectivity index (χ1n) is 10.9. The number of nitrogens with one attached hydrogen (secondary N) is 1. The van der Waals surface area contributed by atoms with E-state index >= 15 is 0 Å². The van der Waals surface area contributed by atoms with Crippen molar-refractivity contribution in [2.45, 2.75) is 25.3 Å². The maximum atomic E-state index is 13.8. The van der Waals surface area contributed by atoms with Crippen LogP contribution in [0.2, 0.25) is 10.0 Å². The first-order valence-corrected chi connectivity index (χ1v) is 11.6. The third-order valence-electron chi connectivity index (χ3n) is 5.18. The Bertz CT molecular complexity index is 1480. The summed E-state index contributed by atoms with van der Waals surface area (Å²) >= 11 is 12.1. The minimum Gasteiger partial charge on any atom is -0.375 e. The van der Waals surface area contributed by atoms with Gasteiger partial charge in [-0.05, 0) is 36.4 Å². The molecule has 1 amide bonds. The number of hydrogen-bond acceptors (Lipinski definition) is 7. The Hall–Kier alpha value is -3.75. The fourth-order valence-electron chi connectivity index (χ4n) is 3.45. The molecule has 0 saturated heterocycles. The number of methoxy groups -OCH3 is 1. The van der Waals surface area contributed by atoms with E-state index in [1.165, 1.54) is 48.6 Å². The van der Waals surface area contributed by atoms with Gasteiger partial charge in [0.1, 0.15) is 25.5 Å². The zero-order chi connectivity index (χ0) is 27.4. The van der Waals surface area contributed by atoms with Gasteiger partial charge in [-0.1, -0.05) is 23.2 Å². The minimum absolute atomic E-state index is 0.0749. The Morgan fingerprint density at radius 1 is 1.13 bits per heavy atom. The second kappa shape index (κ2) is 11.3. The Labute approximate surface area is 222 Å². The SMILES string of the molecule is COCC(=O)NC(Cn1c(-c2ccc(Cl)cc2)nn(Cc2ncn(-c3ncccc3Cl)n2)c1=O)C(F)(F)F. The van der Waals surface area contributed by atoms with Crippen LogP contribution in [0, 0.1) is 0 Å². The van der Waals surface area contributed by atoms with Crippen molar-refractivity contribution in [3.05, 3.63) is 75.3 Å². The highest BCUT2D eigenvalue weighted by molar-refractivity contribution is 6.32. The molecular weight excluding hydrogens is 552 g/mol. The lowest BCUT2D eigenvalue weighted by molar-refractivity contribution is -0.165. The van der Waals surface area contributed by atoms with Gasteiger partial charge in [0.05, 0.1) is 11.6 Å². The Morgan fingerprint density at radius 3 is 2.53 bits per heavy atom. The number of aromatic nitrogens is 7. The zero-order valence-electron chi connectivity index (χ0n) is 19.6. The van der Waals surface area contributed by atoms with Gasteiger partial charge in [-0.25, -0.2) is 24.1 Å². The highest BCUT2D eigenvalue weighted by Gasteiger charge is 2.42. The van der Waals surface area contributed by atoms with Crippen LogP contribution in [-0.4, -0.2) is 65.9 Å². The lowest BCUT2D eigenvalue weighted by Crippen LogP contribution is -2.50. The molecule has 0 saturated carbocycles. The van der Waals surface area contributed by atoms with E-state index in [-0.39, 0.29) is 18.2 Å². The van der Waals surface area contributed by atoms with E-state index in [2.05, 4.69) is 24.9 Å². The molecule has 11 nitrogen and oxygen atoms in total. The van der Waals surface area contributed by atoms with E-state index in [9.17, 15) is 22.8 Å².